The van der Waals surface area contributed by atoms with E-state index < -0.39 is 11.6 Å². The molecule has 0 amide bonds. The standard InChI is InChI=1S/C14H21F2N3/c1-10(19-6-4-17-5-7-19)11-8-12(15)14(16)13(9-11)18(2)3/h8-10,17H,4-7H2,1-3H3. The van der Waals surface area contributed by atoms with Gasteiger partial charge in [-0.3, -0.25) is 4.90 Å². The van der Waals surface area contributed by atoms with Crippen LogP contribution in [0, 0.1) is 11.6 Å². The van der Waals surface area contributed by atoms with Gasteiger partial charge in [0, 0.05) is 46.3 Å². The number of anilines is 1. The molecule has 2 rings (SSSR count). The fourth-order valence-electron chi connectivity index (χ4n) is 2.44. The van der Waals surface area contributed by atoms with E-state index in [4.69, 9.17) is 0 Å². The van der Waals surface area contributed by atoms with Gasteiger partial charge in [-0.25, -0.2) is 8.78 Å². The van der Waals surface area contributed by atoms with Crippen LogP contribution in [0.1, 0.15) is 18.5 Å². The summed E-state index contributed by atoms with van der Waals surface area (Å²) in [5, 5.41) is 3.29. The van der Waals surface area contributed by atoms with Crippen LogP contribution in [0.3, 0.4) is 0 Å². The molecule has 1 aromatic carbocycles. The monoisotopic (exact) mass is 269 g/mol. The molecule has 106 valence electrons. The Bertz CT molecular complexity index is 443. The number of benzene rings is 1. The van der Waals surface area contributed by atoms with E-state index in [9.17, 15) is 8.78 Å². The van der Waals surface area contributed by atoms with Crippen LogP contribution in [0.25, 0.3) is 0 Å². The van der Waals surface area contributed by atoms with Crippen molar-refractivity contribution in [3.63, 3.8) is 0 Å². The summed E-state index contributed by atoms with van der Waals surface area (Å²) in [4.78, 5) is 3.88. The molecule has 0 radical (unpaired) electrons. The van der Waals surface area contributed by atoms with E-state index in [2.05, 4.69) is 10.2 Å². The normalized spacial score (nSPS) is 18.4. The number of halogens is 2. The highest BCUT2D eigenvalue weighted by atomic mass is 19.2. The molecule has 0 saturated carbocycles. The second-order valence-corrected chi connectivity index (χ2v) is 5.19. The lowest BCUT2D eigenvalue weighted by Crippen LogP contribution is -2.44. The molecular formula is C14H21F2N3. The zero-order valence-corrected chi connectivity index (χ0v) is 11.7. The molecule has 1 heterocycles. The first-order chi connectivity index (χ1) is 9.00. The van der Waals surface area contributed by atoms with Crippen LogP contribution in [-0.2, 0) is 0 Å². The molecule has 3 nitrogen and oxygen atoms in total. The van der Waals surface area contributed by atoms with Crippen LogP contribution in [0.2, 0.25) is 0 Å². The van der Waals surface area contributed by atoms with Gasteiger partial charge in [0.05, 0.1) is 5.69 Å². The zero-order valence-electron chi connectivity index (χ0n) is 11.7. The molecule has 1 unspecified atom stereocenters. The number of nitrogens with zero attached hydrogens (tertiary/aromatic N) is 2. The largest absolute Gasteiger partial charge is 0.375 e. The van der Waals surface area contributed by atoms with E-state index in [1.807, 2.05) is 6.92 Å². The molecule has 1 N–H and O–H groups in total. The second kappa shape index (κ2) is 5.84. The topological polar surface area (TPSA) is 18.5 Å². The molecule has 0 spiro atoms. The fraction of sp³-hybridized carbons (Fsp3) is 0.571. The maximum absolute atomic E-state index is 13.7. The van der Waals surface area contributed by atoms with Crippen molar-refractivity contribution in [3.05, 3.63) is 29.3 Å². The summed E-state index contributed by atoms with van der Waals surface area (Å²) in [5.41, 5.74) is 1.13. The van der Waals surface area contributed by atoms with Gasteiger partial charge in [0.1, 0.15) is 0 Å². The van der Waals surface area contributed by atoms with Gasteiger partial charge < -0.3 is 10.2 Å². The highest BCUT2D eigenvalue weighted by molar-refractivity contribution is 5.50. The van der Waals surface area contributed by atoms with Gasteiger partial charge in [-0.05, 0) is 24.6 Å². The van der Waals surface area contributed by atoms with E-state index in [-0.39, 0.29) is 6.04 Å². The lowest BCUT2D eigenvalue weighted by atomic mass is 10.0. The SMILES string of the molecule is CC(c1cc(F)c(F)c(N(C)C)c1)N1CCNCC1. The highest BCUT2D eigenvalue weighted by Crippen LogP contribution is 2.28. The summed E-state index contributed by atoms with van der Waals surface area (Å²) in [6, 6.07) is 3.15. The minimum Gasteiger partial charge on any atom is -0.375 e. The molecule has 1 aliphatic heterocycles. The molecule has 0 aliphatic carbocycles. The summed E-state index contributed by atoms with van der Waals surface area (Å²) in [6.45, 7) is 5.77. The Morgan fingerprint density at radius 3 is 2.42 bits per heavy atom. The number of rotatable bonds is 3. The van der Waals surface area contributed by atoms with Gasteiger partial charge in [-0.1, -0.05) is 0 Å². The summed E-state index contributed by atoms with van der Waals surface area (Å²) in [7, 11) is 3.44. The van der Waals surface area contributed by atoms with Gasteiger partial charge in [0.2, 0.25) is 0 Å². The van der Waals surface area contributed by atoms with Crippen molar-refractivity contribution in [2.75, 3.05) is 45.2 Å². The van der Waals surface area contributed by atoms with Gasteiger partial charge >= 0.3 is 0 Å². The van der Waals surface area contributed by atoms with E-state index in [0.717, 1.165) is 31.7 Å². The second-order valence-electron chi connectivity index (χ2n) is 5.19. The fourth-order valence-corrected chi connectivity index (χ4v) is 2.44. The van der Waals surface area contributed by atoms with Crippen LogP contribution in [0.15, 0.2) is 12.1 Å². The van der Waals surface area contributed by atoms with Crippen molar-refractivity contribution in [2.24, 2.45) is 0 Å². The first kappa shape index (κ1) is 14.2. The Balaban J connectivity index is 2.28. The molecule has 1 fully saturated rings. The average Bonchev–Trinajstić information content (AvgIpc) is 2.41. The minimum atomic E-state index is -0.777. The van der Waals surface area contributed by atoms with Gasteiger partial charge in [-0.2, -0.15) is 0 Å². The van der Waals surface area contributed by atoms with Gasteiger partial charge in [-0.15, -0.1) is 0 Å². The Hall–Kier alpha value is -1.20. The summed E-state index contributed by atoms with van der Waals surface area (Å²) < 4.78 is 27.4. The lowest BCUT2D eigenvalue weighted by Gasteiger charge is -2.33. The van der Waals surface area contributed by atoms with Crippen LogP contribution >= 0.6 is 0 Å². The third-order valence-corrected chi connectivity index (χ3v) is 3.69. The maximum Gasteiger partial charge on any atom is 0.182 e. The third kappa shape index (κ3) is 3.04. The van der Waals surface area contributed by atoms with E-state index in [1.54, 1.807) is 25.1 Å². The van der Waals surface area contributed by atoms with Crippen LogP contribution in [-0.4, -0.2) is 45.2 Å². The predicted octanol–water partition coefficient (Wildman–Crippen LogP) is 2.00. The van der Waals surface area contributed by atoms with Crippen LogP contribution < -0.4 is 10.2 Å². The van der Waals surface area contributed by atoms with Crippen molar-refractivity contribution < 1.29 is 8.78 Å². The first-order valence-electron chi connectivity index (χ1n) is 6.61. The van der Waals surface area contributed by atoms with Crippen molar-refractivity contribution in [1.82, 2.24) is 10.2 Å². The highest BCUT2D eigenvalue weighted by Gasteiger charge is 2.21. The third-order valence-electron chi connectivity index (χ3n) is 3.69. The number of hydrogen-bond acceptors (Lipinski definition) is 3. The maximum atomic E-state index is 13.7. The number of piperazine rings is 1. The smallest absolute Gasteiger partial charge is 0.182 e. The minimum absolute atomic E-state index is 0.0934. The van der Waals surface area contributed by atoms with E-state index in [0.29, 0.717) is 5.69 Å². The molecule has 1 saturated heterocycles. The van der Waals surface area contributed by atoms with Crippen LogP contribution in [0.5, 0.6) is 0 Å². The molecule has 0 bridgehead atoms. The van der Waals surface area contributed by atoms with Crippen molar-refractivity contribution in [3.8, 4) is 0 Å². The summed E-state index contributed by atoms with van der Waals surface area (Å²) >= 11 is 0. The Labute approximate surface area is 113 Å². The van der Waals surface area contributed by atoms with Gasteiger partial charge in [0.25, 0.3) is 0 Å². The van der Waals surface area contributed by atoms with E-state index in [1.165, 1.54) is 6.07 Å². The average molecular weight is 269 g/mol. The number of nitrogens with one attached hydrogen (secondary N) is 1. The van der Waals surface area contributed by atoms with Crippen molar-refractivity contribution in [2.45, 2.75) is 13.0 Å². The number of hydrogen-bond donors (Lipinski definition) is 1. The molecule has 1 aliphatic rings. The molecule has 0 aromatic heterocycles. The van der Waals surface area contributed by atoms with E-state index >= 15 is 0 Å². The first-order valence-corrected chi connectivity index (χ1v) is 6.61. The predicted molar refractivity (Wildman–Crippen MR) is 73.5 cm³/mol. The Kier molecular flexibility index (Phi) is 4.37. The molecule has 5 heteroatoms. The molecule has 1 aromatic rings. The zero-order chi connectivity index (χ0) is 14.0. The Morgan fingerprint density at radius 2 is 1.84 bits per heavy atom. The van der Waals surface area contributed by atoms with Crippen molar-refractivity contribution >= 4 is 5.69 Å². The Morgan fingerprint density at radius 1 is 1.21 bits per heavy atom. The summed E-state index contributed by atoms with van der Waals surface area (Å²) in [5.74, 6) is -1.55. The van der Waals surface area contributed by atoms with Crippen LogP contribution in [0.4, 0.5) is 14.5 Å². The molecular weight excluding hydrogens is 248 g/mol. The quantitative estimate of drug-likeness (QED) is 0.905. The summed E-state index contributed by atoms with van der Waals surface area (Å²) in [6.07, 6.45) is 0. The van der Waals surface area contributed by atoms with Crippen molar-refractivity contribution in [1.29, 1.82) is 0 Å². The lowest BCUT2D eigenvalue weighted by molar-refractivity contribution is 0.185. The van der Waals surface area contributed by atoms with Gasteiger partial charge in [0.15, 0.2) is 11.6 Å². The molecule has 19 heavy (non-hydrogen) atoms. The molecule has 1 atom stereocenters.